The van der Waals surface area contributed by atoms with Crippen LogP contribution in [0, 0.1) is 12.8 Å². The molecule has 2 heterocycles. The maximum atomic E-state index is 12.7. The molecule has 7 heteroatoms. The molecule has 0 aliphatic carbocycles. The predicted octanol–water partition coefficient (Wildman–Crippen LogP) is 5.86. The Hall–Kier alpha value is -2.93. The molecule has 0 saturated carbocycles. The normalized spacial score (nSPS) is 15.1. The molecule has 2 aromatic carbocycles. The van der Waals surface area contributed by atoms with E-state index >= 15 is 0 Å². The lowest BCUT2D eigenvalue weighted by atomic mass is 9.96. The highest BCUT2D eigenvalue weighted by Crippen LogP contribution is 2.31. The number of nitrogens with zero attached hydrogens (tertiary/aromatic N) is 2. The summed E-state index contributed by atoms with van der Waals surface area (Å²) in [6, 6.07) is 14.1. The van der Waals surface area contributed by atoms with Gasteiger partial charge in [-0.15, -0.1) is 11.3 Å². The number of anilines is 1. The van der Waals surface area contributed by atoms with Crippen molar-refractivity contribution in [2.75, 3.05) is 18.4 Å². The first-order valence-corrected chi connectivity index (χ1v) is 11.8. The van der Waals surface area contributed by atoms with E-state index < -0.39 is 5.60 Å². The van der Waals surface area contributed by atoms with Crippen LogP contribution in [-0.2, 0) is 9.53 Å². The summed E-state index contributed by atoms with van der Waals surface area (Å²) in [6.07, 6.45) is 0.958. The van der Waals surface area contributed by atoms with Gasteiger partial charge in [-0.05, 0) is 82.5 Å². The Morgan fingerprint density at radius 3 is 2.44 bits per heavy atom. The molecule has 4 rings (SSSR count). The molecule has 2 amide bonds. The third kappa shape index (κ3) is 5.27. The lowest BCUT2D eigenvalue weighted by Crippen LogP contribution is -2.43. The summed E-state index contributed by atoms with van der Waals surface area (Å²) in [5, 5.41) is 3.99. The Morgan fingerprint density at radius 1 is 1.09 bits per heavy atom. The van der Waals surface area contributed by atoms with Gasteiger partial charge in [0.2, 0.25) is 5.91 Å². The molecule has 0 radical (unpaired) electrons. The fourth-order valence-electron chi connectivity index (χ4n) is 3.75. The number of piperidine rings is 1. The van der Waals surface area contributed by atoms with Crippen molar-refractivity contribution in [3.05, 3.63) is 48.0 Å². The number of thiazole rings is 1. The molecular weight excluding hydrogens is 422 g/mol. The summed E-state index contributed by atoms with van der Waals surface area (Å²) in [6.45, 7) is 8.71. The fourth-order valence-corrected chi connectivity index (χ4v) is 4.82. The van der Waals surface area contributed by atoms with Gasteiger partial charge in [0.05, 0.1) is 10.2 Å². The number of amides is 2. The van der Waals surface area contributed by atoms with Crippen LogP contribution in [0.15, 0.2) is 42.5 Å². The van der Waals surface area contributed by atoms with Crippen molar-refractivity contribution >= 4 is 39.2 Å². The van der Waals surface area contributed by atoms with Crippen LogP contribution in [-0.4, -0.2) is 40.6 Å². The Balaban J connectivity index is 1.33. The first-order valence-electron chi connectivity index (χ1n) is 10.9. The van der Waals surface area contributed by atoms with Gasteiger partial charge < -0.3 is 15.0 Å². The number of benzene rings is 2. The first kappa shape index (κ1) is 22.3. The second kappa shape index (κ2) is 8.90. The van der Waals surface area contributed by atoms with E-state index in [1.165, 1.54) is 10.3 Å². The van der Waals surface area contributed by atoms with Crippen molar-refractivity contribution in [1.82, 2.24) is 9.88 Å². The monoisotopic (exact) mass is 451 g/mol. The largest absolute Gasteiger partial charge is 0.444 e. The minimum absolute atomic E-state index is 0.00273. The zero-order valence-electron chi connectivity index (χ0n) is 19.0. The van der Waals surface area contributed by atoms with E-state index in [4.69, 9.17) is 9.72 Å². The van der Waals surface area contributed by atoms with Gasteiger partial charge in [0.1, 0.15) is 10.6 Å². The van der Waals surface area contributed by atoms with Crippen LogP contribution < -0.4 is 5.32 Å². The Labute approximate surface area is 192 Å². The molecular formula is C25H29N3O3S. The highest BCUT2D eigenvalue weighted by atomic mass is 32.1. The SMILES string of the molecule is Cc1ccc2nc(-c3ccc(NC(=O)C4CCN(C(=O)OC(C)(C)C)CC4)cc3)sc2c1. The van der Waals surface area contributed by atoms with Gasteiger partial charge in [-0.3, -0.25) is 4.79 Å². The number of ether oxygens (including phenoxy) is 1. The molecule has 1 aliphatic rings. The van der Waals surface area contributed by atoms with Gasteiger partial charge in [0.25, 0.3) is 0 Å². The van der Waals surface area contributed by atoms with E-state index in [1.54, 1.807) is 16.2 Å². The predicted molar refractivity (Wildman–Crippen MR) is 129 cm³/mol. The second-order valence-electron chi connectivity index (χ2n) is 9.30. The molecule has 0 spiro atoms. The minimum Gasteiger partial charge on any atom is -0.444 e. The van der Waals surface area contributed by atoms with Gasteiger partial charge in [0.15, 0.2) is 0 Å². The lowest BCUT2D eigenvalue weighted by Gasteiger charge is -2.32. The third-order valence-electron chi connectivity index (χ3n) is 5.46. The van der Waals surface area contributed by atoms with E-state index in [0.717, 1.165) is 21.8 Å². The first-order chi connectivity index (χ1) is 15.2. The summed E-state index contributed by atoms with van der Waals surface area (Å²) in [5.74, 6) is -0.113. The Kier molecular flexibility index (Phi) is 6.20. The maximum absolute atomic E-state index is 12.7. The molecule has 0 bridgehead atoms. The van der Waals surface area contributed by atoms with Crippen molar-refractivity contribution in [2.24, 2.45) is 5.92 Å². The van der Waals surface area contributed by atoms with Crippen LogP contribution in [0.2, 0.25) is 0 Å². The van der Waals surface area contributed by atoms with Crippen molar-refractivity contribution in [3.63, 3.8) is 0 Å². The molecule has 6 nitrogen and oxygen atoms in total. The van der Waals surface area contributed by atoms with Gasteiger partial charge >= 0.3 is 6.09 Å². The van der Waals surface area contributed by atoms with Crippen molar-refractivity contribution in [3.8, 4) is 10.6 Å². The number of carbonyl (C=O) groups excluding carboxylic acids is 2. The number of likely N-dealkylation sites (tertiary alicyclic amines) is 1. The highest BCUT2D eigenvalue weighted by Gasteiger charge is 2.29. The van der Waals surface area contributed by atoms with Crippen LogP contribution in [0.1, 0.15) is 39.2 Å². The maximum Gasteiger partial charge on any atom is 0.410 e. The number of carbonyl (C=O) groups is 2. The van der Waals surface area contributed by atoms with E-state index in [1.807, 2.05) is 51.1 Å². The van der Waals surface area contributed by atoms with Gasteiger partial charge in [-0.2, -0.15) is 0 Å². The zero-order valence-corrected chi connectivity index (χ0v) is 19.8. The summed E-state index contributed by atoms with van der Waals surface area (Å²) in [7, 11) is 0. The van der Waals surface area contributed by atoms with E-state index in [2.05, 4.69) is 24.4 Å². The molecule has 1 aliphatic heterocycles. The molecule has 1 N–H and O–H groups in total. The number of hydrogen-bond donors (Lipinski definition) is 1. The molecule has 3 aromatic rings. The van der Waals surface area contributed by atoms with Crippen LogP contribution in [0.5, 0.6) is 0 Å². The molecule has 1 aromatic heterocycles. The van der Waals surface area contributed by atoms with Crippen molar-refractivity contribution in [1.29, 1.82) is 0 Å². The summed E-state index contributed by atoms with van der Waals surface area (Å²) < 4.78 is 6.60. The number of hydrogen-bond acceptors (Lipinski definition) is 5. The summed E-state index contributed by atoms with van der Waals surface area (Å²) >= 11 is 1.67. The van der Waals surface area contributed by atoms with E-state index in [-0.39, 0.29) is 17.9 Å². The number of nitrogens with one attached hydrogen (secondary N) is 1. The van der Waals surface area contributed by atoms with Crippen molar-refractivity contribution < 1.29 is 14.3 Å². The quantitative estimate of drug-likeness (QED) is 0.542. The van der Waals surface area contributed by atoms with Crippen LogP contribution in [0.4, 0.5) is 10.5 Å². The number of rotatable bonds is 3. The van der Waals surface area contributed by atoms with Gasteiger partial charge in [-0.1, -0.05) is 6.07 Å². The van der Waals surface area contributed by atoms with Gasteiger partial charge in [0, 0.05) is 30.3 Å². The van der Waals surface area contributed by atoms with E-state index in [9.17, 15) is 9.59 Å². The molecule has 1 fully saturated rings. The van der Waals surface area contributed by atoms with Crippen LogP contribution in [0.3, 0.4) is 0 Å². The third-order valence-corrected chi connectivity index (χ3v) is 6.53. The van der Waals surface area contributed by atoms with Crippen LogP contribution in [0.25, 0.3) is 20.8 Å². The topological polar surface area (TPSA) is 71.5 Å². The Bertz CT molecular complexity index is 1120. The van der Waals surface area contributed by atoms with Crippen LogP contribution >= 0.6 is 11.3 Å². The lowest BCUT2D eigenvalue weighted by molar-refractivity contribution is -0.121. The standard InChI is InChI=1S/C25H29N3O3S/c1-16-5-10-20-21(15-16)32-23(27-20)18-6-8-19(9-7-18)26-22(29)17-11-13-28(14-12-17)24(30)31-25(2,3)4/h5-10,15,17H,11-14H2,1-4H3,(H,26,29). The molecule has 1 saturated heterocycles. The molecule has 0 unspecified atom stereocenters. The highest BCUT2D eigenvalue weighted by molar-refractivity contribution is 7.21. The summed E-state index contributed by atoms with van der Waals surface area (Å²) in [4.78, 5) is 31.3. The average molecular weight is 452 g/mol. The molecule has 168 valence electrons. The van der Waals surface area contributed by atoms with E-state index in [0.29, 0.717) is 25.9 Å². The average Bonchev–Trinajstić information content (AvgIpc) is 3.16. The number of aryl methyl sites for hydroxylation is 1. The smallest absolute Gasteiger partial charge is 0.410 e. The fraction of sp³-hybridized carbons (Fsp3) is 0.400. The van der Waals surface area contributed by atoms with Crippen molar-refractivity contribution in [2.45, 2.75) is 46.1 Å². The summed E-state index contributed by atoms with van der Waals surface area (Å²) in [5.41, 5.74) is 3.52. The minimum atomic E-state index is -0.512. The number of aromatic nitrogens is 1. The van der Waals surface area contributed by atoms with Gasteiger partial charge in [-0.25, -0.2) is 9.78 Å². The number of fused-ring (bicyclic) bond motifs is 1. The zero-order chi connectivity index (χ0) is 22.9. The second-order valence-corrected chi connectivity index (χ2v) is 10.3. The Morgan fingerprint density at radius 2 is 1.78 bits per heavy atom. The molecule has 0 atom stereocenters. The molecule has 32 heavy (non-hydrogen) atoms.